The number of fused-ring (bicyclic) bond motifs is 1. The van der Waals surface area contributed by atoms with Crippen LogP contribution in [0.1, 0.15) is 37.2 Å². The quantitative estimate of drug-likeness (QED) is 0.598. The number of likely N-dealkylation sites (tertiary alicyclic amines) is 1. The first kappa shape index (κ1) is 21.5. The summed E-state index contributed by atoms with van der Waals surface area (Å²) in [5.41, 5.74) is 0.598. The molecule has 1 aromatic heterocycles. The maximum Gasteiger partial charge on any atom is 0.297 e. The van der Waals surface area contributed by atoms with Crippen LogP contribution in [0.3, 0.4) is 0 Å². The van der Waals surface area contributed by atoms with Crippen LogP contribution < -0.4 is 4.74 Å². The van der Waals surface area contributed by atoms with E-state index in [1.807, 2.05) is 12.1 Å². The Balaban J connectivity index is 1.51. The predicted molar refractivity (Wildman–Crippen MR) is 117 cm³/mol. The van der Waals surface area contributed by atoms with E-state index in [9.17, 15) is 17.6 Å². The largest absolute Gasteiger partial charge is 0.490 e. The molecule has 1 fully saturated rings. The molecule has 0 aliphatic carbocycles. The summed E-state index contributed by atoms with van der Waals surface area (Å²) in [5.74, 6) is 0.120. The highest BCUT2D eigenvalue weighted by molar-refractivity contribution is 8.06. The topological polar surface area (TPSA) is 79.5 Å². The summed E-state index contributed by atoms with van der Waals surface area (Å²) in [5, 5.41) is -0.367. The summed E-state index contributed by atoms with van der Waals surface area (Å²) in [4.78, 5) is 17.7. The van der Waals surface area contributed by atoms with E-state index in [4.69, 9.17) is 4.74 Å². The molecule has 8 heteroatoms. The SMILES string of the molecule is CC(C)N1CCC(Oc2ccc3[nH]c(C(=O)S(=O)(=O)c4ccc(F)cc4)cc3c2)CC1. The van der Waals surface area contributed by atoms with Crippen LogP contribution in [-0.4, -0.2) is 48.7 Å². The van der Waals surface area contributed by atoms with Crippen LogP contribution in [0.25, 0.3) is 10.9 Å². The van der Waals surface area contributed by atoms with Gasteiger partial charge in [0.1, 0.15) is 17.7 Å². The average molecular weight is 445 g/mol. The van der Waals surface area contributed by atoms with Gasteiger partial charge in [0.2, 0.25) is 9.84 Å². The number of hydrogen-bond acceptors (Lipinski definition) is 5. The summed E-state index contributed by atoms with van der Waals surface area (Å²) >= 11 is 0. The Labute approximate surface area is 180 Å². The van der Waals surface area contributed by atoms with Gasteiger partial charge in [0.25, 0.3) is 5.12 Å². The zero-order valence-electron chi connectivity index (χ0n) is 17.5. The number of sulfone groups is 1. The van der Waals surface area contributed by atoms with E-state index in [0.29, 0.717) is 22.7 Å². The molecule has 0 saturated carbocycles. The molecule has 0 bridgehead atoms. The average Bonchev–Trinajstić information content (AvgIpc) is 3.17. The van der Waals surface area contributed by atoms with Crippen LogP contribution in [0.4, 0.5) is 4.39 Å². The van der Waals surface area contributed by atoms with Crippen molar-refractivity contribution in [2.24, 2.45) is 0 Å². The van der Waals surface area contributed by atoms with Gasteiger partial charge in [-0.3, -0.25) is 4.79 Å². The van der Waals surface area contributed by atoms with Crippen molar-refractivity contribution in [3.63, 3.8) is 0 Å². The van der Waals surface area contributed by atoms with Crippen LogP contribution >= 0.6 is 0 Å². The molecule has 0 atom stereocenters. The summed E-state index contributed by atoms with van der Waals surface area (Å²) in [7, 11) is -4.27. The van der Waals surface area contributed by atoms with Crippen molar-refractivity contribution in [1.82, 2.24) is 9.88 Å². The van der Waals surface area contributed by atoms with Crippen LogP contribution in [0.2, 0.25) is 0 Å². The van der Waals surface area contributed by atoms with Crippen molar-refractivity contribution in [1.29, 1.82) is 0 Å². The monoisotopic (exact) mass is 444 g/mol. The first-order valence-corrected chi connectivity index (χ1v) is 11.8. The second-order valence-electron chi connectivity index (χ2n) is 8.12. The van der Waals surface area contributed by atoms with Crippen molar-refractivity contribution in [2.75, 3.05) is 13.1 Å². The molecule has 0 radical (unpaired) electrons. The van der Waals surface area contributed by atoms with Gasteiger partial charge >= 0.3 is 0 Å². The Kier molecular flexibility index (Phi) is 5.85. The standard InChI is InChI=1S/C23H25FN2O4S/c1-15(2)26-11-9-18(10-12-26)30-19-5-8-21-16(13-19)14-22(25-21)23(27)31(28,29)20-6-3-17(24)4-7-20/h3-8,13-15,18,25H,9-12H2,1-2H3. The first-order valence-electron chi connectivity index (χ1n) is 10.3. The van der Waals surface area contributed by atoms with E-state index >= 15 is 0 Å². The number of piperidine rings is 1. The Morgan fingerprint density at radius 3 is 2.42 bits per heavy atom. The Hall–Kier alpha value is -2.71. The molecule has 0 unspecified atom stereocenters. The number of nitrogens with one attached hydrogen (secondary N) is 1. The number of benzene rings is 2. The number of aromatic nitrogens is 1. The van der Waals surface area contributed by atoms with E-state index in [0.717, 1.165) is 50.2 Å². The lowest BCUT2D eigenvalue weighted by atomic mass is 10.1. The van der Waals surface area contributed by atoms with Gasteiger partial charge in [-0.1, -0.05) is 0 Å². The normalized spacial score (nSPS) is 16.1. The molecule has 31 heavy (non-hydrogen) atoms. The van der Waals surface area contributed by atoms with Crippen LogP contribution in [0, 0.1) is 5.82 Å². The van der Waals surface area contributed by atoms with Crippen LogP contribution in [-0.2, 0) is 9.84 Å². The predicted octanol–water partition coefficient (Wildman–Crippen LogP) is 4.17. The minimum Gasteiger partial charge on any atom is -0.490 e. The minimum atomic E-state index is -4.27. The maximum atomic E-state index is 13.1. The van der Waals surface area contributed by atoms with Gasteiger partial charge in [-0.25, -0.2) is 12.8 Å². The number of carbonyl (C=O) groups excluding carboxylic acids is 1. The van der Waals surface area contributed by atoms with Gasteiger partial charge in [-0.2, -0.15) is 0 Å². The van der Waals surface area contributed by atoms with Gasteiger partial charge in [0.15, 0.2) is 0 Å². The molecule has 6 nitrogen and oxygen atoms in total. The van der Waals surface area contributed by atoms with Gasteiger partial charge in [-0.15, -0.1) is 0 Å². The fraction of sp³-hybridized carbons (Fsp3) is 0.348. The van der Waals surface area contributed by atoms with Gasteiger partial charge in [0, 0.05) is 30.0 Å². The number of H-pyrrole nitrogens is 1. The van der Waals surface area contributed by atoms with Crippen LogP contribution in [0.15, 0.2) is 53.4 Å². The molecule has 1 saturated heterocycles. The minimum absolute atomic E-state index is 0.0401. The van der Waals surface area contributed by atoms with Crippen molar-refractivity contribution in [3.8, 4) is 5.75 Å². The number of ether oxygens (including phenoxy) is 1. The molecule has 1 N–H and O–H groups in total. The highest BCUT2D eigenvalue weighted by Crippen LogP contribution is 2.26. The van der Waals surface area contributed by atoms with Crippen molar-refractivity contribution >= 4 is 25.9 Å². The number of halogens is 1. The van der Waals surface area contributed by atoms with Gasteiger partial charge < -0.3 is 14.6 Å². The highest BCUT2D eigenvalue weighted by Gasteiger charge is 2.28. The highest BCUT2D eigenvalue weighted by atomic mass is 32.2. The lowest BCUT2D eigenvalue weighted by Crippen LogP contribution is -2.41. The molecular weight excluding hydrogens is 419 g/mol. The Morgan fingerprint density at radius 2 is 1.77 bits per heavy atom. The zero-order valence-corrected chi connectivity index (χ0v) is 18.3. The zero-order chi connectivity index (χ0) is 22.2. The third kappa shape index (κ3) is 4.50. The van der Waals surface area contributed by atoms with E-state index < -0.39 is 20.8 Å². The summed E-state index contributed by atoms with van der Waals surface area (Å²) in [6.07, 6.45) is 2.03. The third-order valence-corrected chi connectivity index (χ3v) is 7.29. The molecular formula is C23H25FN2O4S. The summed E-state index contributed by atoms with van der Waals surface area (Å²) in [6, 6.07) is 11.6. The third-order valence-electron chi connectivity index (χ3n) is 5.69. The number of nitrogens with zero attached hydrogens (tertiary/aromatic N) is 1. The molecule has 0 amide bonds. The molecule has 3 aromatic rings. The molecule has 1 aliphatic heterocycles. The smallest absolute Gasteiger partial charge is 0.297 e. The van der Waals surface area contributed by atoms with Crippen molar-refractivity contribution in [3.05, 3.63) is 60.0 Å². The first-order chi connectivity index (χ1) is 14.7. The second-order valence-corrected chi connectivity index (χ2v) is 9.97. The fourth-order valence-electron chi connectivity index (χ4n) is 3.86. The van der Waals surface area contributed by atoms with Crippen molar-refractivity contribution < 1.29 is 22.3 Å². The van der Waals surface area contributed by atoms with Crippen molar-refractivity contribution in [2.45, 2.75) is 43.7 Å². The number of rotatable bonds is 5. The summed E-state index contributed by atoms with van der Waals surface area (Å²) in [6.45, 7) is 6.37. The molecule has 0 spiro atoms. The van der Waals surface area contributed by atoms with E-state index in [1.165, 1.54) is 6.07 Å². The molecule has 1 aliphatic rings. The molecule has 4 rings (SSSR count). The van der Waals surface area contributed by atoms with Gasteiger partial charge in [0.05, 0.1) is 10.6 Å². The number of hydrogen-bond donors (Lipinski definition) is 1. The van der Waals surface area contributed by atoms with Gasteiger partial charge in [-0.05, 0) is 75.2 Å². The maximum absolute atomic E-state index is 13.1. The Bertz CT molecular complexity index is 1190. The number of aromatic amines is 1. The van der Waals surface area contributed by atoms with E-state index in [1.54, 1.807) is 6.07 Å². The second kappa shape index (κ2) is 8.43. The lowest BCUT2D eigenvalue weighted by Gasteiger charge is -2.34. The van der Waals surface area contributed by atoms with E-state index in [-0.39, 0.29) is 16.7 Å². The number of carbonyl (C=O) groups is 1. The molecule has 2 heterocycles. The molecule has 2 aromatic carbocycles. The summed E-state index contributed by atoms with van der Waals surface area (Å²) < 4.78 is 44.4. The fourth-order valence-corrected chi connectivity index (χ4v) is 4.97. The van der Waals surface area contributed by atoms with E-state index in [2.05, 4.69) is 23.7 Å². The molecule has 164 valence electrons. The Morgan fingerprint density at radius 1 is 1.10 bits per heavy atom. The van der Waals surface area contributed by atoms with Crippen LogP contribution in [0.5, 0.6) is 5.75 Å². The lowest BCUT2D eigenvalue weighted by molar-refractivity contribution is 0.0844.